The number of nitrogens with zero attached hydrogens (tertiary/aromatic N) is 3. The summed E-state index contributed by atoms with van der Waals surface area (Å²) < 4.78 is 8.56. The van der Waals surface area contributed by atoms with E-state index < -0.39 is 11.2 Å². The van der Waals surface area contributed by atoms with Gasteiger partial charge in [-0.15, -0.1) is 0 Å². The summed E-state index contributed by atoms with van der Waals surface area (Å²) in [6.07, 6.45) is 4.18. The van der Waals surface area contributed by atoms with E-state index in [4.69, 9.17) is 4.74 Å². The number of amides is 1. The van der Waals surface area contributed by atoms with Crippen LogP contribution in [0.1, 0.15) is 57.3 Å². The molecule has 2 heterocycles. The van der Waals surface area contributed by atoms with Gasteiger partial charge in [0.1, 0.15) is 11.6 Å². The van der Waals surface area contributed by atoms with Crippen molar-refractivity contribution in [2.24, 2.45) is 0 Å². The van der Waals surface area contributed by atoms with Gasteiger partial charge < -0.3 is 14.6 Å². The van der Waals surface area contributed by atoms with E-state index >= 15 is 0 Å². The summed E-state index contributed by atoms with van der Waals surface area (Å²) in [6, 6.07) is 7.52. The molecule has 0 bridgehead atoms. The van der Waals surface area contributed by atoms with Gasteiger partial charge in [0.2, 0.25) is 5.91 Å². The molecule has 0 atom stereocenters. The number of hydrogen-bond acceptors (Lipinski definition) is 5. The lowest BCUT2D eigenvalue weighted by Crippen LogP contribution is -2.31. The van der Waals surface area contributed by atoms with Gasteiger partial charge in [0.15, 0.2) is 11.2 Å². The van der Waals surface area contributed by atoms with Crippen LogP contribution in [0.2, 0.25) is 0 Å². The molecule has 0 unspecified atom stereocenters. The van der Waals surface area contributed by atoms with Crippen LogP contribution < -0.4 is 21.3 Å². The van der Waals surface area contributed by atoms with Crippen molar-refractivity contribution in [3.63, 3.8) is 0 Å². The van der Waals surface area contributed by atoms with Gasteiger partial charge in [-0.2, -0.15) is 0 Å². The van der Waals surface area contributed by atoms with Crippen LogP contribution in [0.4, 0.5) is 0 Å². The minimum atomic E-state index is -0.440. The number of carbonyl (C=O) groups excluding carboxylic acids is 1. The van der Waals surface area contributed by atoms with E-state index in [2.05, 4.69) is 22.2 Å². The van der Waals surface area contributed by atoms with Crippen molar-refractivity contribution in [1.29, 1.82) is 0 Å². The number of rotatable bonds is 12. The predicted octanol–water partition coefficient (Wildman–Crippen LogP) is 2.74. The van der Waals surface area contributed by atoms with Gasteiger partial charge in [-0.1, -0.05) is 38.8 Å². The van der Waals surface area contributed by atoms with Crippen LogP contribution in [-0.2, 0) is 30.8 Å². The predicted molar refractivity (Wildman–Crippen MR) is 128 cm³/mol. The molecule has 1 aromatic carbocycles. The van der Waals surface area contributed by atoms with E-state index in [-0.39, 0.29) is 12.3 Å². The summed E-state index contributed by atoms with van der Waals surface area (Å²) in [7, 11) is 1.61. The number of nitrogens with one attached hydrogen (secondary N) is 2. The molecule has 2 N–H and O–H groups in total. The Morgan fingerprint density at radius 2 is 1.73 bits per heavy atom. The third kappa shape index (κ3) is 5.91. The third-order valence-electron chi connectivity index (χ3n) is 5.66. The summed E-state index contributed by atoms with van der Waals surface area (Å²) in [5.74, 6) is 1.32. The third-order valence-corrected chi connectivity index (χ3v) is 5.66. The van der Waals surface area contributed by atoms with Gasteiger partial charge in [0, 0.05) is 32.5 Å². The normalized spacial score (nSPS) is 11.1. The minimum absolute atomic E-state index is 0.0998. The van der Waals surface area contributed by atoms with Crippen LogP contribution in [0.3, 0.4) is 0 Å². The number of carbonyl (C=O) groups is 1. The number of aromatic amines is 1. The van der Waals surface area contributed by atoms with Gasteiger partial charge >= 0.3 is 5.69 Å². The zero-order chi connectivity index (χ0) is 23.8. The monoisotopic (exact) mass is 455 g/mol. The fourth-order valence-corrected chi connectivity index (χ4v) is 3.75. The minimum Gasteiger partial charge on any atom is -0.497 e. The number of aryl methyl sites for hydroxylation is 3. The number of hydrogen-bond donors (Lipinski definition) is 2. The molecule has 0 aliphatic carbocycles. The van der Waals surface area contributed by atoms with Crippen LogP contribution in [-0.4, -0.2) is 32.1 Å². The molecule has 0 saturated heterocycles. The highest BCUT2D eigenvalue weighted by atomic mass is 16.5. The topological polar surface area (TPSA) is 111 Å². The zero-order valence-corrected chi connectivity index (χ0v) is 19.6. The first-order valence-corrected chi connectivity index (χ1v) is 11.6. The van der Waals surface area contributed by atoms with E-state index in [0.717, 1.165) is 37.0 Å². The first kappa shape index (κ1) is 24.3. The van der Waals surface area contributed by atoms with Crippen molar-refractivity contribution in [2.45, 2.75) is 72.0 Å². The van der Waals surface area contributed by atoms with Gasteiger partial charge in [-0.25, -0.2) is 9.78 Å². The van der Waals surface area contributed by atoms with Crippen LogP contribution >= 0.6 is 0 Å². The zero-order valence-electron chi connectivity index (χ0n) is 19.6. The van der Waals surface area contributed by atoms with Crippen molar-refractivity contribution in [3.8, 4) is 5.75 Å². The fourth-order valence-electron chi connectivity index (χ4n) is 3.75. The summed E-state index contributed by atoms with van der Waals surface area (Å²) >= 11 is 0. The highest BCUT2D eigenvalue weighted by molar-refractivity contribution is 5.76. The number of ether oxygens (including phenoxy) is 1. The van der Waals surface area contributed by atoms with Crippen molar-refractivity contribution in [1.82, 2.24) is 24.4 Å². The van der Waals surface area contributed by atoms with Crippen LogP contribution in [0.15, 0.2) is 33.9 Å². The molecule has 33 heavy (non-hydrogen) atoms. The number of imidazole rings is 1. The second-order valence-corrected chi connectivity index (χ2v) is 8.09. The molecular weight excluding hydrogens is 422 g/mol. The SMILES string of the molecule is CCCCn1c(CCC(=O)NCc2ccc(OC)cc2)nc2c1c(=O)[nH]c(=O)n2CCCC. The molecule has 9 nitrogen and oxygen atoms in total. The Kier molecular flexibility index (Phi) is 8.46. The molecule has 0 saturated carbocycles. The standard InChI is InChI=1S/C24H33N5O4/c1-4-6-14-28-19(12-13-20(30)25-16-17-8-10-18(33-3)11-9-17)26-22-21(28)23(31)27-24(32)29(22)15-7-5-2/h8-11H,4-7,12-16H2,1-3H3,(H,25,30)(H,27,31,32). The molecule has 0 radical (unpaired) electrons. The number of H-pyrrole nitrogens is 1. The second-order valence-electron chi connectivity index (χ2n) is 8.09. The Balaban J connectivity index is 1.79. The van der Waals surface area contributed by atoms with E-state index in [1.807, 2.05) is 35.8 Å². The molecule has 2 aromatic heterocycles. The first-order valence-electron chi connectivity index (χ1n) is 11.6. The molecule has 178 valence electrons. The summed E-state index contributed by atoms with van der Waals surface area (Å²) in [6.45, 7) is 5.65. The maximum Gasteiger partial charge on any atom is 0.330 e. The fraction of sp³-hybridized carbons (Fsp3) is 0.500. The molecule has 3 aromatic rings. The Bertz CT molecular complexity index is 1190. The lowest BCUT2D eigenvalue weighted by molar-refractivity contribution is -0.121. The van der Waals surface area contributed by atoms with E-state index in [1.165, 1.54) is 4.57 Å². The van der Waals surface area contributed by atoms with Crippen molar-refractivity contribution < 1.29 is 9.53 Å². The quantitative estimate of drug-likeness (QED) is 0.436. The molecule has 0 spiro atoms. The van der Waals surface area contributed by atoms with Crippen LogP contribution in [0.5, 0.6) is 5.75 Å². The maximum atomic E-state index is 12.6. The largest absolute Gasteiger partial charge is 0.497 e. The lowest BCUT2D eigenvalue weighted by atomic mass is 10.2. The van der Waals surface area contributed by atoms with Gasteiger partial charge in [-0.3, -0.25) is 19.1 Å². The molecule has 0 aliphatic rings. The number of aromatic nitrogens is 4. The Labute approximate surface area is 192 Å². The molecule has 1 amide bonds. The molecule has 3 rings (SSSR count). The Hall–Kier alpha value is -3.36. The molecular formula is C24H33N5O4. The number of benzene rings is 1. The summed E-state index contributed by atoms with van der Waals surface area (Å²) in [4.78, 5) is 44.6. The van der Waals surface area contributed by atoms with E-state index in [9.17, 15) is 14.4 Å². The van der Waals surface area contributed by atoms with Gasteiger partial charge in [0.05, 0.1) is 7.11 Å². The van der Waals surface area contributed by atoms with Gasteiger partial charge in [0.25, 0.3) is 5.56 Å². The maximum absolute atomic E-state index is 12.6. The van der Waals surface area contributed by atoms with Crippen molar-refractivity contribution in [2.75, 3.05) is 7.11 Å². The van der Waals surface area contributed by atoms with Crippen LogP contribution in [0.25, 0.3) is 11.2 Å². The second kappa shape index (κ2) is 11.5. The average Bonchev–Trinajstić information content (AvgIpc) is 3.18. The number of unbranched alkanes of at least 4 members (excludes halogenated alkanes) is 2. The number of fused-ring (bicyclic) bond motifs is 1. The summed E-state index contributed by atoms with van der Waals surface area (Å²) in [5.41, 5.74) is 0.923. The van der Waals surface area contributed by atoms with E-state index in [1.54, 1.807) is 7.11 Å². The lowest BCUT2D eigenvalue weighted by Gasteiger charge is -2.09. The van der Waals surface area contributed by atoms with Crippen molar-refractivity contribution in [3.05, 3.63) is 56.5 Å². The number of methoxy groups -OCH3 is 1. The van der Waals surface area contributed by atoms with E-state index in [0.29, 0.717) is 43.0 Å². The summed E-state index contributed by atoms with van der Waals surface area (Å²) in [5, 5.41) is 2.92. The average molecular weight is 456 g/mol. The Morgan fingerprint density at radius 1 is 1.06 bits per heavy atom. The highest BCUT2D eigenvalue weighted by Crippen LogP contribution is 2.15. The van der Waals surface area contributed by atoms with Crippen molar-refractivity contribution >= 4 is 17.1 Å². The first-order chi connectivity index (χ1) is 16.0. The highest BCUT2D eigenvalue weighted by Gasteiger charge is 2.19. The molecule has 0 aliphatic heterocycles. The Morgan fingerprint density at radius 3 is 2.36 bits per heavy atom. The molecule has 9 heteroatoms. The van der Waals surface area contributed by atoms with Gasteiger partial charge in [-0.05, 0) is 30.5 Å². The smallest absolute Gasteiger partial charge is 0.330 e. The molecule has 0 fully saturated rings. The van der Waals surface area contributed by atoms with Crippen LogP contribution in [0, 0.1) is 0 Å².